The van der Waals surface area contributed by atoms with Crippen LogP contribution in [-0.4, -0.2) is 25.0 Å². The number of carbonyl (C=O) groups excluding carboxylic acids is 2. The molecule has 0 radical (unpaired) electrons. The molecule has 0 aliphatic heterocycles. The van der Waals surface area contributed by atoms with Crippen LogP contribution in [0.4, 0.5) is 0 Å². The zero-order valence-electron chi connectivity index (χ0n) is 13.8. The highest BCUT2D eigenvalue weighted by atomic mass is 16.5. The number of ether oxygens (including phenoxy) is 2. The number of benzene rings is 2. The third kappa shape index (κ3) is 4.49. The minimum atomic E-state index is -0.806. The van der Waals surface area contributed by atoms with Gasteiger partial charge in [-0.05, 0) is 38.1 Å². The fraction of sp³-hybridized carbons (Fsp3) is 0.222. The van der Waals surface area contributed by atoms with Gasteiger partial charge in [0.15, 0.2) is 17.6 Å². The number of amides is 2. The fourth-order valence-corrected chi connectivity index (χ4v) is 2.04. The molecule has 0 saturated carbocycles. The van der Waals surface area contributed by atoms with Crippen LogP contribution in [0.15, 0.2) is 48.5 Å². The third-order valence-electron chi connectivity index (χ3n) is 3.32. The van der Waals surface area contributed by atoms with E-state index in [0.717, 1.165) is 5.56 Å². The molecule has 2 aromatic carbocycles. The van der Waals surface area contributed by atoms with Crippen molar-refractivity contribution in [1.29, 1.82) is 0 Å². The van der Waals surface area contributed by atoms with Gasteiger partial charge in [-0.1, -0.05) is 29.8 Å². The van der Waals surface area contributed by atoms with Gasteiger partial charge in [0, 0.05) is 5.56 Å². The average molecular weight is 328 g/mol. The molecular formula is C18H20N2O4. The first-order valence-electron chi connectivity index (χ1n) is 7.48. The molecule has 0 fully saturated rings. The van der Waals surface area contributed by atoms with Crippen LogP contribution >= 0.6 is 0 Å². The molecule has 6 heteroatoms. The maximum absolute atomic E-state index is 12.1. The molecule has 24 heavy (non-hydrogen) atoms. The summed E-state index contributed by atoms with van der Waals surface area (Å²) >= 11 is 0. The first-order chi connectivity index (χ1) is 11.5. The van der Waals surface area contributed by atoms with Gasteiger partial charge in [-0.3, -0.25) is 20.4 Å². The number of hydrogen-bond acceptors (Lipinski definition) is 4. The van der Waals surface area contributed by atoms with Gasteiger partial charge in [-0.15, -0.1) is 0 Å². The number of methoxy groups -OCH3 is 1. The van der Waals surface area contributed by atoms with Crippen molar-refractivity contribution in [2.75, 3.05) is 7.11 Å². The highest BCUT2D eigenvalue weighted by Crippen LogP contribution is 2.26. The SMILES string of the molecule is COc1ccccc1OC(C)C(=O)NNC(=O)c1cccc(C)c1. The van der Waals surface area contributed by atoms with Crippen LogP contribution in [-0.2, 0) is 4.79 Å². The number of hydrogen-bond donors (Lipinski definition) is 2. The first-order valence-corrected chi connectivity index (χ1v) is 7.48. The van der Waals surface area contributed by atoms with E-state index in [4.69, 9.17) is 9.47 Å². The van der Waals surface area contributed by atoms with Gasteiger partial charge < -0.3 is 9.47 Å². The van der Waals surface area contributed by atoms with Crippen LogP contribution in [0, 0.1) is 6.92 Å². The summed E-state index contributed by atoms with van der Waals surface area (Å²) in [6, 6.07) is 14.1. The normalized spacial score (nSPS) is 11.3. The van der Waals surface area contributed by atoms with Crippen LogP contribution in [0.1, 0.15) is 22.8 Å². The molecule has 0 aliphatic rings. The summed E-state index contributed by atoms with van der Waals surface area (Å²) in [5, 5.41) is 0. The van der Waals surface area contributed by atoms with Crippen molar-refractivity contribution < 1.29 is 19.1 Å². The van der Waals surface area contributed by atoms with E-state index in [1.165, 1.54) is 7.11 Å². The molecule has 0 spiro atoms. The van der Waals surface area contributed by atoms with Crippen LogP contribution in [0.5, 0.6) is 11.5 Å². The van der Waals surface area contributed by atoms with E-state index >= 15 is 0 Å². The van der Waals surface area contributed by atoms with Gasteiger partial charge in [0.25, 0.3) is 11.8 Å². The van der Waals surface area contributed by atoms with Crippen molar-refractivity contribution in [3.8, 4) is 11.5 Å². The van der Waals surface area contributed by atoms with Crippen molar-refractivity contribution in [3.05, 3.63) is 59.7 Å². The van der Waals surface area contributed by atoms with Gasteiger partial charge in [-0.2, -0.15) is 0 Å². The van der Waals surface area contributed by atoms with Gasteiger partial charge in [0.1, 0.15) is 0 Å². The van der Waals surface area contributed by atoms with E-state index in [1.807, 2.05) is 13.0 Å². The number of nitrogens with one attached hydrogen (secondary N) is 2. The summed E-state index contributed by atoms with van der Waals surface area (Å²) in [4.78, 5) is 24.1. The second kappa shape index (κ2) is 8.01. The molecule has 6 nitrogen and oxygen atoms in total. The van der Waals surface area contributed by atoms with Crippen molar-refractivity contribution in [2.45, 2.75) is 20.0 Å². The lowest BCUT2D eigenvalue weighted by Gasteiger charge is -2.16. The lowest BCUT2D eigenvalue weighted by atomic mass is 10.1. The zero-order valence-corrected chi connectivity index (χ0v) is 13.8. The summed E-state index contributed by atoms with van der Waals surface area (Å²) in [6.07, 6.45) is -0.806. The smallest absolute Gasteiger partial charge is 0.279 e. The number of hydrazine groups is 1. The lowest BCUT2D eigenvalue weighted by molar-refractivity contribution is -0.128. The maximum atomic E-state index is 12.1. The number of para-hydroxylation sites is 2. The molecular weight excluding hydrogens is 308 g/mol. The van der Waals surface area contributed by atoms with Gasteiger partial charge >= 0.3 is 0 Å². The van der Waals surface area contributed by atoms with E-state index in [2.05, 4.69) is 10.9 Å². The van der Waals surface area contributed by atoms with Crippen molar-refractivity contribution >= 4 is 11.8 Å². The van der Waals surface area contributed by atoms with E-state index in [0.29, 0.717) is 17.1 Å². The number of rotatable bonds is 5. The minimum Gasteiger partial charge on any atom is -0.493 e. The Hall–Kier alpha value is -3.02. The minimum absolute atomic E-state index is 0.392. The summed E-state index contributed by atoms with van der Waals surface area (Å²) in [7, 11) is 1.52. The summed E-state index contributed by atoms with van der Waals surface area (Å²) in [6.45, 7) is 3.47. The van der Waals surface area contributed by atoms with Crippen LogP contribution in [0.3, 0.4) is 0 Å². The van der Waals surface area contributed by atoms with Crippen LogP contribution in [0.2, 0.25) is 0 Å². The molecule has 126 valence electrons. The van der Waals surface area contributed by atoms with E-state index in [1.54, 1.807) is 49.4 Å². The molecule has 2 amide bonds. The first kappa shape index (κ1) is 17.3. The Labute approximate surface area is 140 Å². The molecule has 0 bridgehead atoms. The Morgan fingerprint density at radius 3 is 2.38 bits per heavy atom. The zero-order chi connectivity index (χ0) is 17.5. The molecule has 1 unspecified atom stereocenters. The Bertz CT molecular complexity index is 730. The molecule has 0 heterocycles. The second-order valence-corrected chi connectivity index (χ2v) is 5.22. The number of aryl methyl sites for hydroxylation is 1. The average Bonchev–Trinajstić information content (AvgIpc) is 2.59. The number of carbonyl (C=O) groups is 2. The predicted octanol–water partition coefficient (Wildman–Crippen LogP) is 2.23. The lowest BCUT2D eigenvalue weighted by Crippen LogP contribution is -2.47. The molecule has 2 aromatic rings. The Morgan fingerprint density at radius 1 is 1.00 bits per heavy atom. The Morgan fingerprint density at radius 2 is 1.71 bits per heavy atom. The molecule has 2 rings (SSSR count). The quantitative estimate of drug-likeness (QED) is 0.825. The standard InChI is InChI=1S/C18H20N2O4/c1-12-7-6-8-14(11-12)18(22)20-19-17(21)13(2)24-16-10-5-4-9-15(16)23-3/h4-11,13H,1-3H3,(H,19,21)(H,20,22). The fourth-order valence-electron chi connectivity index (χ4n) is 2.04. The van der Waals surface area contributed by atoms with E-state index in [9.17, 15) is 9.59 Å². The molecule has 2 N–H and O–H groups in total. The second-order valence-electron chi connectivity index (χ2n) is 5.22. The van der Waals surface area contributed by atoms with E-state index < -0.39 is 17.9 Å². The Balaban J connectivity index is 1.91. The summed E-state index contributed by atoms with van der Waals surface area (Å²) in [5.74, 6) is 0.118. The Kier molecular flexibility index (Phi) is 5.78. The predicted molar refractivity (Wildman–Crippen MR) is 89.9 cm³/mol. The molecule has 0 saturated heterocycles. The van der Waals surface area contributed by atoms with E-state index in [-0.39, 0.29) is 0 Å². The van der Waals surface area contributed by atoms with Crippen LogP contribution in [0.25, 0.3) is 0 Å². The largest absolute Gasteiger partial charge is 0.493 e. The van der Waals surface area contributed by atoms with Crippen molar-refractivity contribution in [3.63, 3.8) is 0 Å². The van der Waals surface area contributed by atoms with Crippen molar-refractivity contribution in [2.24, 2.45) is 0 Å². The van der Waals surface area contributed by atoms with Crippen molar-refractivity contribution in [1.82, 2.24) is 10.9 Å². The molecule has 0 aliphatic carbocycles. The highest BCUT2D eigenvalue weighted by molar-refractivity contribution is 5.95. The monoisotopic (exact) mass is 328 g/mol. The topological polar surface area (TPSA) is 76.7 Å². The summed E-state index contributed by atoms with van der Waals surface area (Å²) < 4.78 is 10.7. The van der Waals surface area contributed by atoms with Gasteiger partial charge in [0.2, 0.25) is 0 Å². The summed E-state index contributed by atoms with van der Waals surface area (Å²) in [5.41, 5.74) is 6.15. The van der Waals surface area contributed by atoms with Crippen LogP contribution < -0.4 is 20.3 Å². The van der Waals surface area contributed by atoms with Gasteiger partial charge in [0.05, 0.1) is 7.11 Å². The third-order valence-corrected chi connectivity index (χ3v) is 3.32. The molecule has 1 atom stereocenters. The maximum Gasteiger partial charge on any atom is 0.279 e. The highest BCUT2D eigenvalue weighted by Gasteiger charge is 2.17. The van der Waals surface area contributed by atoms with Gasteiger partial charge in [-0.25, -0.2) is 0 Å². The molecule has 0 aromatic heterocycles.